The molecule has 0 aliphatic carbocycles. The summed E-state index contributed by atoms with van der Waals surface area (Å²) in [5.41, 5.74) is 2.08. The Morgan fingerprint density at radius 3 is 2.54 bits per heavy atom. The first-order valence-electron chi connectivity index (χ1n) is 12.5. The third-order valence-corrected chi connectivity index (χ3v) is 6.17. The molecular formula is C28H33FN4O4. The van der Waals surface area contributed by atoms with Crippen molar-refractivity contribution in [2.75, 3.05) is 32.1 Å². The number of anilines is 1. The molecule has 37 heavy (non-hydrogen) atoms. The fourth-order valence-corrected chi connectivity index (χ4v) is 4.27. The summed E-state index contributed by atoms with van der Waals surface area (Å²) >= 11 is 0. The van der Waals surface area contributed by atoms with Crippen molar-refractivity contribution in [3.05, 3.63) is 60.5 Å². The molecule has 1 N–H and O–H groups in total. The van der Waals surface area contributed by atoms with E-state index in [1.54, 1.807) is 34.9 Å². The van der Waals surface area contributed by atoms with Crippen molar-refractivity contribution in [2.45, 2.75) is 39.2 Å². The fraction of sp³-hybridized carbons (Fsp3) is 0.393. The van der Waals surface area contributed by atoms with Crippen molar-refractivity contribution in [2.24, 2.45) is 5.92 Å². The Morgan fingerprint density at radius 1 is 1.19 bits per heavy atom. The SMILES string of the molecule is COc1ccc(-c2cn(-c3ccc(F)cc3)c(NC(=O)CN(C[C@H]3CCCO3)C(=O)CC(C)C)n2)cc1. The molecule has 1 fully saturated rings. The zero-order valence-electron chi connectivity index (χ0n) is 21.4. The summed E-state index contributed by atoms with van der Waals surface area (Å²) in [7, 11) is 1.60. The van der Waals surface area contributed by atoms with Crippen molar-refractivity contribution in [3.63, 3.8) is 0 Å². The van der Waals surface area contributed by atoms with Gasteiger partial charge in [0.1, 0.15) is 18.1 Å². The van der Waals surface area contributed by atoms with Crippen LogP contribution in [0.5, 0.6) is 5.75 Å². The van der Waals surface area contributed by atoms with E-state index in [1.165, 1.54) is 12.1 Å². The van der Waals surface area contributed by atoms with E-state index >= 15 is 0 Å². The summed E-state index contributed by atoms with van der Waals surface area (Å²) in [4.78, 5) is 32.3. The minimum Gasteiger partial charge on any atom is -0.497 e. The molecular weight excluding hydrogens is 475 g/mol. The molecule has 196 valence electrons. The standard InChI is InChI=1S/C28H33FN4O4/c1-19(2)15-27(35)32(16-24-5-4-14-37-24)18-26(34)31-28-30-25(20-6-12-23(36-3)13-7-20)17-33(28)22-10-8-21(29)9-11-22/h6-13,17,19,24H,4-5,14-16,18H2,1-3H3,(H,30,31,34)/t24-/m1/s1. The topological polar surface area (TPSA) is 85.7 Å². The highest BCUT2D eigenvalue weighted by atomic mass is 19.1. The van der Waals surface area contributed by atoms with Gasteiger partial charge in [-0.1, -0.05) is 13.8 Å². The molecule has 0 unspecified atom stereocenters. The van der Waals surface area contributed by atoms with Crippen LogP contribution in [-0.4, -0.2) is 59.2 Å². The van der Waals surface area contributed by atoms with Gasteiger partial charge in [0.2, 0.25) is 17.8 Å². The summed E-state index contributed by atoms with van der Waals surface area (Å²) in [6.45, 7) is 4.89. The van der Waals surface area contributed by atoms with Crippen molar-refractivity contribution >= 4 is 17.8 Å². The average molecular weight is 509 g/mol. The Kier molecular flexibility index (Phi) is 8.55. The minimum absolute atomic E-state index is 0.0632. The van der Waals surface area contributed by atoms with Gasteiger partial charge in [-0.25, -0.2) is 9.37 Å². The van der Waals surface area contributed by atoms with Crippen LogP contribution in [0.4, 0.5) is 10.3 Å². The summed E-state index contributed by atoms with van der Waals surface area (Å²) in [6, 6.07) is 13.3. The van der Waals surface area contributed by atoms with Crippen LogP contribution in [0.2, 0.25) is 0 Å². The number of rotatable bonds is 10. The second kappa shape index (κ2) is 12.0. The van der Waals surface area contributed by atoms with Crippen molar-refractivity contribution in [1.82, 2.24) is 14.5 Å². The highest BCUT2D eigenvalue weighted by molar-refractivity contribution is 5.94. The monoisotopic (exact) mass is 508 g/mol. The molecule has 1 atom stereocenters. The van der Waals surface area contributed by atoms with E-state index in [1.807, 2.05) is 38.1 Å². The van der Waals surface area contributed by atoms with Gasteiger partial charge in [0.25, 0.3) is 0 Å². The highest BCUT2D eigenvalue weighted by Gasteiger charge is 2.25. The zero-order chi connectivity index (χ0) is 26.4. The molecule has 2 aromatic carbocycles. The van der Waals surface area contributed by atoms with Gasteiger partial charge in [0, 0.05) is 37.0 Å². The zero-order valence-corrected chi connectivity index (χ0v) is 21.4. The molecule has 3 aromatic rings. The Bertz CT molecular complexity index is 1200. The van der Waals surface area contributed by atoms with E-state index in [4.69, 9.17) is 9.47 Å². The fourth-order valence-electron chi connectivity index (χ4n) is 4.27. The largest absolute Gasteiger partial charge is 0.497 e. The smallest absolute Gasteiger partial charge is 0.246 e. The Hall–Kier alpha value is -3.72. The molecule has 8 nitrogen and oxygen atoms in total. The maximum Gasteiger partial charge on any atom is 0.246 e. The molecule has 2 heterocycles. The van der Waals surface area contributed by atoms with E-state index in [2.05, 4.69) is 10.3 Å². The van der Waals surface area contributed by atoms with Gasteiger partial charge in [-0.15, -0.1) is 0 Å². The summed E-state index contributed by atoms with van der Waals surface area (Å²) in [5.74, 6) is 0.348. The molecule has 0 spiro atoms. The predicted molar refractivity (Wildman–Crippen MR) is 139 cm³/mol. The molecule has 0 bridgehead atoms. The van der Waals surface area contributed by atoms with Crippen molar-refractivity contribution in [3.8, 4) is 22.7 Å². The van der Waals surface area contributed by atoms with Gasteiger partial charge in [-0.3, -0.25) is 19.5 Å². The lowest BCUT2D eigenvalue weighted by atomic mass is 10.1. The van der Waals surface area contributed by atoms with Gasteiger partial charge in [0.05, 0.1) is 18.9 Å². The van der Waals surface area contributed by atoms with E-state index in [9.17, 15) is 14.0 Å². The quantitative estimate of drug-likeness (QED) is 0.430. The summed E-state index contributed by atoms with van der Waals surface area (Å²) in [5, 5.41) is 2.86. The van der Waals surface area contributed by atoms with Crippen molar-refractivity contribution in [1.29, 1.82) is 0 Å². The van der Waals surface area contributed by atoms with Crippen LogP contribution in [0.15, 0.2) is 54.7 Å². The molecule has 0 radical (unpaired) electrons. The Labute approximate surface area is 216 Å². The number of carbonyl (C=O) groups is 2. The van der Waals surface area contributed by atoms with Crippen LogP contribution in [0, 0.1) is 11.7 Å². The highest BCUT2D eigenvalue weighted by Crippen LogP contribution is 2.26. The number of benzene rings is 2. The van der Waals surface area contributed by atoms with Gasteiger partial charge in [-0.05, 0) is 67.3 Å². The van der Waals surface area contributed by atoms with Gasteiger partial charge in [0.15, 0.2) is 0 Å². The number of nitrogens with one attached hydrogen (secondary N) is 1. The van der Waals surface area contributed by atoms with E-state index < -0.39 is 0 Å². The first kappa shape index (κ1) is 26.3. The number of amides is 2. The lowest BCUT2D eigenvalue weighted by molar-refractivity contribution is -0.136. The number of carbonyl (C=O) groups excluding carboxylic acids is 2. The number of nitrogens with zero attached hydrogens (tertiary/aromatic N) is 3. The first-order chi connectivity index (χ1) is 17.8. The number of aromatic nitrogens is 2. The Morgan fingerprint density at radius 2 is 1.92 bits per heavy atom. The number of hydrogen-bond donors (Lipinski definition) is 1. The van der Waals surface area contributed by atoms with Gasteiger partial charge >= 0.3 is 0 Å². The molecule has 2 amide bonds. The number of halogens is 1. The van der Waals surface area contributed by atoms with Crippen LogP contribution in [0.1, 0.15) is 33.1 Å². The number of imidazole rings is 1. The minimum atomic E-state index is -0.370. The van der Waals surface area contributed by atoms with E-state index in [-0.39, 0.29) is 42.1 Å². The predicted octanol–water partition coefficient (Wildman–Crippen LogP) is 4.68. The second-order valence-electron chi connectivity index (χ2n) is 9.58. The molecule has 1 aliphatic rings. The molecule has 1 saturated heterocycles. The Balaban J connectivity index is 1.58. The summed E-state index contributed by atoms with van der Waals surface area (Å²) < 4.78 is 26.2. The van der Waals surface area contributed by atoms with Crippen LogP contribution < -0.4 is 10.1 Å². The molecule has 1 aliphatic heterocycles. The van der Waals surface area contributed by atoms with Crippen molar-refractivity contribution < 1.29 is 23.5 Å². The van der Waals surface area contributed by atoms with Gasteiger partial charge in [-0.2, -0.15) is 0 Å². The molecule has 4 rings (SSSR count). The van der Waals surface area contributed by atoms with Crippen LogP contribution >= 0.6 is 0 Å². The third kappa shape index (κ3) is 6.95. The third-order valence-electron chi connectivity index (χ3n) is 6.17. The first-order valence-corrected chi connectivity index (χ1v) is 12.5. The normalized spacial score (nSPS) is 15.1. The average Bonchev–Trinajstić information content (AvgIpc) is 3.54. The van der Waals surface area contributed by atoms with E-state index in [0.29, 0.717) is 36.7 Å². The number of methoxy groups -OCH3 is 1. The number of ether oxygens (including phenoxy) is 2. The van der Waals surface area contributed by atoms with Gasteiger partial charge < -0.3 is 14.4 Å². The van der Waals surface area contributed by atoms with Crippen LogP contribution in [0.25, 0.3) is 16.9 Å². The summed E-state index contributed by atoms with van der Waals surface area (Å²) in [6.07, 6.45) is 3.89. The van der Waals surface area contributed by atoms with Crippen LogP contribution in [-0.2, 0) is 14.3 Å². The second-order valence-corrected chi connectivity index (χ2v) is 9.58. The molecule has 9 heteroatoms. The van der Waals surface area contributed by atoms with Crippen LogP contribution in [0.3, 0.4) is 0 Å². The maximum absolute atomic E-state index is 13.6. The lowest BCUT2D eigenvalue weighted by Gasteiger charge is -2.25. The number of hydrogen-bond acceptors (Lipinski definition) is 5. The molecule has 0 saturated carbocycles. The lowest BCUT2D eigenvalue weighted by Crippen LogP contribution is -2.42. The molecule has 1 aromatic heterocycles. The van der Waals surface area contributed by atoms with E-state index in [0.717, 1.165) is 18.4 Å². The maximum atomic E-state index is 13.6.